The summed E-state index contributed by atoms with van der Waals surface area (Å²) in [5, 5.41) is 0. The zero-order valence-electron chi connectivity index (χ0n) is 5.34. The maximum Gasteiger partial charge on any atom is 0.192 e. The molecule has 0 aliphatic rings. The van der Waals surface area contributed by atoms with Crippen molar-refractivity contribution in [3.63, 3.8) is 0 Å². The van der Waals surface area contributed by atoms with E-state index >= 15 is 0 Å². The molecule has 6 nitrogen and oxygen atoms in total. The zero-order chi connectivity index (χ0) is 6.95. The number of hydrogen-bond donors (Lipinski definition) is 2. The zero-order valence-corrected chi connectivity index (χ0v) is 5.34. The van der Waals surface area contributed by atoms with Gasteiger partial charge >= 0.3 is 0 Å². The summed E-state index contributed by atoms with van der Waals surface area (Å²) in [6, 6.07) is 0. The Hall–Kier alpha value is -0.240. The molecule has 0 heterocycles. The molecule has 0 aromatic carbocycles. The van der Waals surface area contributed by atoms with Crippen molar-refractivity contribution in [1.29, 1.82) is 0 Å². The van der Waals surface area contributed by atoms with Crippen LogP contribution in [0.3, 0.4) is 0 Å². The van der Waals surface area contributed by atoms with Crippen LogP contribution in [0.5, 0.6) is 0 Å². The van der Waals surface area contributed by atoms with Gasteiger partial charge in [-0.05, 0) is 0 Å². The van der Waals surface area contributed by atoms with Gasteiger partial charge in [0.15, 0.2) is 6.79 Å². The molecule has 0 aromatic rings. The average Bonchev–Trinajstić information content (AvgIpc) is 1.89. The Labute approximate surface area is 112 Å². The predicted octanol–water partition coefficient (Wildman–Crippen LogP) is 4.20. The maximum absolute atomic E-state index is 4.45. The second kappa shape index (κ2) is 75.1. The van der Waals surface area contributed by atoms with E-state index in [0.717, 1.165) is 0 Å². The second-order valence-corrected chi connectivity index (χ2v) is 0.981. The van der Waals surface area contributed by atoms with Crippen LogP contribution in [0.1, 0.15) is 59.4 Å². The predicted molar refractivity (Wildman–Crippen MR) is 81.2 cm³/mol. The van der Waals surface area contributed by atoms with Crippen LogP contribution in [-0.2, 0) is 19.4 Å². The molecule has 0 atom stereocenters. The van der Waals surface area contributed by atoms with Crippen LogP contribution >= 0.6 is 0 Å². The fourth-order valence-corrected chi connectivity index (χ4v) is 0.195. The van der Waals surface area contributed by atoms with E-state index in [9.17, 15) is 0 Å². The molecule has 0 radical (unpaired) electrons. The SMILES string of the molecule is C.C.C.C.C.C.C.C.CONOCONOC. The van der Waals surface area contributed by atoms with E-state index < -0.39 is 0 Å². The van der Waals surface area contributed by atoms with Crippen molar-refractivity contribution < 1.29 is 19.4 Å². The van der Waals surface area contributed by atoms with Gasteiger partial charge in [0.05, 0.1) is 14.2 Å². The first kappa shape index (κ1) is 69.1. The van der Waals surface area contributed by atoms with E-state index in [1.54, 1.807) is 0 Å². The van der Waals surface area contributed by atoms with E-state index in [1.807, 2.05) is 0 Å². The van der Waals surface area contributed by atoms with Crippen molar-refractivity contribution in [3.8, 4) is 0 Å². The van der Waals surface area contributed by atoms with E-state index in [-0.39, 0.29) is 66.2 Å². The second-order valence-electron chi connectivity index (χ2n) is 0.981. The molecular weight excluding hydrogens is 224 g/mol. The lowest BCUT2D eigenvalue weighted by atomic mass is 11.5. The standard InChI is InChI=1S/C3H10N2O4.8CH4/c1-6-4-8-3-9-5-7-2;;;;;;;;/h4-5H,3H2,1-2H3;8*1H4. The smallest absolute Gasteiger partial charge is 0.192 e. The van der Waals surface area contributed by atoms with Crippen LogP contribution in [0.2, 0.25) is 0 Å². The van der Waals surface area contributed by atoms with E-state index in [4.69, 9.17) is 0 Å². The molecule has 0 fully saturated rings. The lowest BCUT2D eigenvalue weighted by molar-refractivity contribution is -0.264. The van der Waals surface area contributed by atoms with Gasteiger partial charge in [-0.3, -0.25) is 9.68 Å². The fraction of sp³-hybridized carbons (Fsp3) is 1.00. The van der Waals surface area contributed by atoms with Crippen LogP contribution in [0.15, 0.2) is 0 Å². The molecule has 0 spiro atoms. The molecular formula is C11H42N2O4. The highest BCUT2D eigenvalue weighted by Gasteiger charge is 1.81. The van der Waals surface area contributed by atoms with Gasteiger partial charge < -0.3 is 0 Å². The van der Waals surface area contributed by atoms with Gasteiger partial charge in [-0.1, -0.05) is 70.7 Å². The van der Waals surface area contributed by atoms with Crippen molar-refractivity contribution in [2.75, 3.05) is 21.0 Å². The van der Waals surface area contributed by atoms with Crippen LogP contribution in [-0.4, -0.2) is 21.0 Å². The van der Waals surface area contributed by atoms with Crippen molar-refractivity contribution in [1.82, 2.24) is 11.3 Å². The highest BCUT2D eigenvalue weighted by Crippen LogP contribution is 1.66. The molecule has 120 valence electrons. The van der Waals surface area contributed by atoms with Crippen LogP contribution in [0.25, 0.3) is 0 Å². The monoisotopic (exact) mass is 266 g/mol. The highest BCUT2D eigenvalue weighted by atomic mass is 17.0. The summed E-state index contributed by atoms with van der Waals surface area (Å²) in [6.07, 6.45) is 0. The van der Waals surface area contributed by atoms with Gasteiger partial charge in [0.1, 0.15) is 0 Å². The van der Waals surface area contributed by atoms with Gasteiger partial charge in [-0.2, -0.15) is 0 Å². The number of hydrogen-bond acceptors (Lipinski definition) is 6. The van der Waals surface area contributed by atoms with Gasteiger partial charge in [0, 0.05) is 0 Å². The van der Waals surface area contributed by atoms with Gasteiger partial charge in [0.25, 0.3) is 0 Å². The summed E-state index contributed by atoms with van der Waals surface area (Å²) in [7, 11) is 2.84. The Balaban J connectivity index is -0.0000000114. The first-order valence-electron chi connectivity index (χ1n) is 2.21. The molecule has 6 heteroatoms. The first-order chi connectivity index (χ1) is 4.41. The topological polar surface area (TPSA) is 61.0 Å². The first-order valence-corrected chi connectivity index (χ1v) is 2.21. The van der Waals surface area contributed by atoms with E-state index in [0.29, 0.717) is 0 Å². The molecule has 2 N–H and O–H groups in total. The highest BCUT2D eigenvalue weighted by molar-refractivity contribution is 3.84. The third-order valence-corrected chi connectivity index (χ3v) is 0.402. The third kappa shape index (κ3) is 89.9. The average molecular weight is 266 g/mol. The molecule has 0 aliphatic carbocycles. The van der Waals surface area contributed by atoms with E-state index in [2.05, 4.69) is 30.6 Å². The minimum Gasteiger partial charge on any atom is -0.280 e. The third-order valence-electron chi connectivity index (χ3n) is 0.402. The van der Waals surface area contributed by atoms with Gasteiger partial charge in [-0.25, -0.2) is 9.68 Å². The van der Waals surface area contributed by atoms with Gasteiger partial charge in [-0.15, -0.1) is 0 Å². The quantitative estimate of drug-likeness (QED) is 0.427. The van der Waals surface area contributed by atoms with Crippen LogP contribution in [0.4, 0.5) is 0 Å². The largest absolute Gasteiger partial charge is 0.280 e. The van der Waals surface area contributed by atoms with Gasteiger partial charge in [0.2, 0.25) is 0 Å². The van der Waals surface area contributed by atoms with Crippen molar-refractivity contribution in [3.05, 3.63) is 0 Å². The Morgan fingerprint density at radius 1 is 0.588 bits per heavy atom. The molecule has 0 saturated heterocycles. The summed E-state index contributed by atoms with van der Waals surface area (Å²) in [6.45, 7) is -0.0122. The molecule has 17 heavy (non-hydrogen) atoms. The summed E-state index contributed by atoms with van der Waals surface area (Å²) >= 11 is 0. The summed E-state index contributed by atoms with van der Waals surface area (Å²) in [5.41, 5.74) is 4.17. The summed E-state index contributed by atoms with van der Waals surface area (Å²) < 4.78 is 0. The number of nitrogens with one attached hydrogen (secondary N) is 2. The molecule has 0 unspecified atom stereocenters. The maximum atomic E-state index is 4.45. The Morgan fingerprint density at radius 2 is 0.824 bits per heavy atom. The van der Waals surface area contributed by atoms with Crippen LogP contribution < -0.4 is 11.3 Å². The molecule has 0 aromatic heterocycles. The molecule has 0 saturated carbocycles. The van der Waals surface area contributed by atoms with Crippen molar-refractivity contribution in [2.45, 2.75) is 59.4 Å². The molecule has 0 aliphatic heterocycles. The summed E-state index contributed by atoms with van der Waals surface area (Å²) in [4.78, 5) is 17.5. The minimum absolute atomic E-state index is 0. The number of rotatable bonds is 6. The lowest BCUT2D eigenvalue weighted by Gasteiger charge is -2.02. The van der Waals surface area contributed by atoms with E-state index in [1.165, 1.54) is 14.2 Å². The Kier molecular flexibility index (Phi) is 306. The van der Waals surface area contributed by atoms with Crippen molar-refractivity contribution in [2.24, 2.45) is 0 Å². The molecule has 0 bridgehead atoms. The Bertz CT molecular complexity index is 54.7. The Morgan fingerprint density at radius 3 is 1.00 bits per heavy atom. The normalized spacial score (nSPS) is 5.29. The minimum atomic E-state index is -0.0122. The molecule has 0 amide bonds. The summed E-state index contributed by atoms with van der Waals surface area (Å²) in [5.74, 6) is 0. The lowest BCUT2D eigenvalue weighted by Crippen LogP contribution is -2.20. The fourth-order valence-electron chi connectivity index (χ4n) is 0.195. The van der Waals surface area contributed by atoms with Crippen LogP contribution in [0, 0.1) is 0 Å². The van der Waals surface area contributed by atoms with Crippen molar-refractivity contribution >= 4 is 0 Å². The molecule has 0 rings (SSSR count).